The summed E-state index contributed by atoms with van der Waals surface area (Å²) in [5.74, 6) is 4.33. The van der Waals surface area contributed by atoms with Crippen molar-refractivity contribution in [2.24, 2.45) is 17.8 Å². The van der Waals surface area contributed by atoms with Crippen LogP contribution < -0.4 is 15.4 Å². The topological polar surface area (TPSA) is 51.1 Å². The first-order valence-corrected chi connectivity index (χ1v) is 10.9. The Balaban J connectivity index is 1.28. The molecule has 0 unspecified atom stereocenters. The van der Waals surface area contributed by atoms with Crippen molar-refractivity contribution in [2.45, 2.75) is 51.0 Å². The summed E-state index contributed by atoms with van der Waals surface area (Å²) in [5.41, 5.74) is 1.10. The summed E-state index contributed by atoms with van der Waals surface area (Å²) < 4.78 is 7.91. The van der Waals surface area contributed by atoms with Crippen LogP contribution in [0, 0.1) is 17.8 Å². The van der Waals surface area contributed by atoms with E-state index in [1.165, 1.54) is 38.5 Å². The molecule has 1 aromatic carbocycles. The Kier molecular flexibility index (Phi) is 4.54. The maximum Gasteiger partial charge on any atom is 0.176 e. The molecule has 148 valence electrons. The van der Waals surface area contributed by atoms with Crippen molar-refractivity contribution in [3.63, 3.8) is 0 Å². The normalized spacial score (nSPS) is 30.2. The number of rotatable bonds is 5. The van der Waals surface area contributed by atoms with E-state index in [0.29, 0.717) is 11.7 Å². The Bertz CT molecular complexity index is 842. The van der Waals surface area contributed by atoms with E-state index in [2.05, 4.69) is 21.5 Å². The van der Waals surface area contributed by atoms with Gasteiger partial charge in [-0.1, -0.05) is 12.1 Å². The fraction of sp³-hybridized carbons (Fsp3) is 0.545. The van der Waals surface area contributed by atoms with Crippen LogP contribution in [0.3, 0.4) is 0 Å². The average molecular weight is 397 g/mol. The van der Waals surface area contributed by atoms with Crippen LogP contribution in [-0.4, -0.2) is 21.5 Å². The van der Waals surface area contributed by atoms with Gasteiger partial charge in [-0.3, -0.25) is 4.68 Å². The van der Waals surface area contributed by atoms with Crippen molar-refractivity contribution < 1.29 is 4.74 Å². The van der Waals surface area contributed by atoms with Gasteiger partial charge in [0.25, 0.3) is 0 Å². The fourth-order valence-electron chi connectivity index (χ4n) is 6.12. The zero-order chi connectivity index (χ0) is 19.1. The smallest absolute Gasteiger partial charge is 0.176 e. The molecule has 0 atom stereocenters. The van der Waals surface area contributed by atoms with Crippen LogP contribution >= 0.6 is 12.2 Å². The van der Waals surface area contributed by atoms with Gasteiger partial charge in [0.05, 0.1) is 17.8 Å². The van der Waals surface area contributed by atoms with Crippen LogP contribution in [0.2, 0.25) is 0 Å². The number of benzene rings is 1. The number of para-hydroxylation sites is 2. The number of nitrogens with one attached hydrogen (secondary N) is 2. The predicted molar refractivity (Wildman–Crippen MR) is 116 cm³/mol. The van der Waals surface area contributed by atoms with E-state index in [-0.39, 0.29) is 5.54 Å². The molecule has 2 N–H and O–H groups in total. The minimum Gasteiger partial charge on any atom is -0.492 e. The molecule has 4 fully saturated rings. The lowest BCUT2D eigenvalue weighted by atomic mass is 9.53. The van der Waals surface area contributed by atoms with Crippen LogP contribution in [0.25, 0.3) is 0 Å². The van der Waals surface area contributed by atoms with Gasteiger partial charge in [0.2, 0.25) is 0 Å². The number of anilines is 2. The number of thiocarbonyl (C=S) groups is 1. The lowest BCUT2D eigenvalue weighted by molar-refractivity contribution is -0.0492. The highest BCUT2D eigenvalue weighted by molar-refractivity contribution is 7.80. The summed E-state index contributed by atoms with van der Waals surface area (Å²) in [6.45, 7) is 2.60. The van der Waals surface area contributed by atoms with Gasteiger partial charge < -0.3 is 15.4 Å². The minimum absolute atomic E-state index is 0.241. The lowest BCUT2D eigenvalue weighted by Gasteiger charge is -2.56. The van der Waals surface area contributed by atoms with Crippen molar-refractivity contribution in [3.05, 3.63) is 36.5 Å². The first-order valence-electron chi connectivity index (χ1n) is 10.5. The van der Waals surface area contributed by atoms with E-state index in [9.17, 15) is 0 Å². The number of ether oxygens (including phenoxy) is 1. The second-order valence-corrected chi connectivity index (χ2v) is 9.20. The van der Waals surface area contributed by atoms with Gasteiger partial charge in [0.15, 0.2) is 10.9 Å². The van der Waals surface area contributed by atoms with Gasteiger partial charge in [-0.05, 0) is 87.6 Å². The molecule has 0 spiro atoms. The van der Waals surface area contributed by atoms with Gasteiger partial charge in [-0.15, -0.1) is 0 Å². The van der Waals surface area contributed by atoms with Gasteiger partial charge in [-0.25, -0.2) is 0 Å². The Morgan fingerprint density at radius 2 is 1.79 bits per heavy atom. The third-order valence-corrected chi connectivity index (χ3v) is 6.96. The Morgan fingerprint density at radius 3 is 2.46 bits per heavy atom. The monoisotopic (exact) mass is 396 g/mol. The van der Waals surface area contributed by atoms with Gasteiger partial charge in [-0.2, -0.15) is 5.10 Å². The molecule has 0 amide bonds. The summed E-state index contributed by atoms with van der Waals surface area (Å²) in [5, 5.41) is 11.9. The standard InChI is InChI=1S/C22H28N4OS/c1-2-27-19-6-4-3-5-18(19)23-21(28)24-20-7-8-26(25-20)22-12-15-9-16(13-22)11-17(10-15)14-22/h3-8,15-17H,2,9-14H2,1H3,(H2,23,24,25,28). The highest BCUT2D eigenvalue weighted by Crippen LogP contribution is 2.58. The van der Waals surface area contributed by atoms with Crippen LogP contribution in [0.4, 0.5) is 11.5 Å². The number of aromatic nitrogens is 2. The SMILES string of the molecule is CCOc1ccccc1NC(=S)Nc1ccn(C23CC4CC(CC(C4)C2)C3)n1. The van der Waals surface area contributed by atoms with Crippen molar-refractivity contribution >= 4 is 28.8 Å². The molecule has 0 saturated heterocycles. The Morgan fingerprint density at radius 1 is 1.11 bits per heavy atom. The number of hydrogen-bond donors (Lipinski definition) is 2. The summed E-state index contributed by atoms with van der Waals surface area (Å²) in [6, 6.07) is 9.87. The first kappa shape index (κ1) is 18.0. The van der Waals surface area contributed by atoms with Crippen LogP contribution in [0.15, 0.2) is 36.5 Å². The molecule has 1 heterocycles. The number of nitrogens with zero attached hydrogens (tertiary/aromatic N) is 2. The van der Waals surface area contributed by atoms with Crippen molar-refractivity contribution in [3.8, 4) is 5.75 Å². The number of hydrogen-bond acceptors (Lipinski definition) is 3. The van der Waals surface area contributed by atoms with Crippen molar-refractivity contribution in [1.29, 1.82) is 0 Å². The molecule has 4 aliphatic rings. The van der Waals surface area contributed by atoms with Crippen LogP contribution in [-0.2, 0) is 5.54 Å². The predicted octanol–water partition coefficient (Wildman–Crippen LogP) is 5.02. The molecular formula is C22H28N4OS. The molecule has 4 saturated carbocycles. The third kappa shape index (κ3) is 3.28. The van der Waals surface area contributed by atoms with Crippen LogP contribution in [0.5, 0.6) is 5.75 Å². The molecule has 5 nitrogen and oxygen atoms in total. The van der Waals surface area contributed by atoms with E-state index in [1.54, 1.807) is 0 Å². The minimum atomic E-state index is 0.241. The molecule has 6 heteroatoms. The molecule has 4 aliphatic carbocycles. The molecule has 2 aromatic rings. The largest absolute Gasteiger partial charge is 0.492 e. The summed E-state index contributed by atoms with van der Waals surface area (Å²) in [4.78, 5) is 0. The first-order chi connectivity index (χ1) is 13.6. The summed E-state index contributed by atoms with van der Waals surface area (Å²) >= 11 is 5.51. The molecule has 0 aliphatic heterocycles. The van der Waals surface area contributed by atoms with Crippen LogP contribution in [0.1, 0.15) is 45.4 Å². The summed E-state index contributed by atoms with van der Waals surface area (Å²) in [6.07, 6.45) is 10.4. The lowest BCUT2D eigenvalue weighted by Crippen LogP contribution is -2.52. The maximum absolute atomic E-state index is 5.66. The maximum atomic E-state index is 5.66. The highest BCUT2D eigenvalue weighted by atomic mass is 32.1. The molecule has 0 radical (unpaired) electrons. The van der Waals surface area contributed by atoms with E-state index in [0.717, 1.165) is 35.0 Å². The quantitative estimate of drug-likeness (QED) is 0.695. The Hall–Kier alpha value is -2.08. The van der Waals surface area contributed by atoms with E-state index in [4.69, 9.17) is 22.1 Å². The Labute approximate surface area is 171 Å². The summed E-state index contributed by atoms with van der Waals surface area (Å²) in [7, 11) is 0. The van der Waals surface area contributed by atoms with Gasteiger partial charge in [0.1, 0.15) is 5.75 Å². The average Bonchev–Trinajstić information content (AvgIpc) is 3.12. The zero-order valence-electron chi connectivity index (χ0n) is 16.4. The third-order valence-electron chi connectivity index (χ3n) is 6.76. The van der Waals surface area contributed by atoms with E-state index >= 15 is 0 Å². The molecule has 4 bridgehead atoms. The van der Waals surface area contributed by atoms with Crippen molar-refractivity contribution in [2.75, 3.05) is 17.2 Å². The van der Waals surface area contributed by atoms with Crippen molar-refractivity contribution in [1.82, 2.24) is 9.78 Å². The highest BCUT2D eigenvalue weighted by Gasteiger charge is 2.52. The second-order valence-electron chi connectivity index (χ2n) is 8.80. The molecule has 1 aromatic heterocycles. The fourth-order valence-corrected chi connectivity index (χ4v) is 6.34. The molecule has 6 rings (SSSR count). The van der Waals surface area contributed by atoms with E-state index < -0.39 is 0 Å². The van der Waals surface area contributed by atoms with Gasteiger partial charge in [0, 0.05) is 12.3 Å². The second kappa shape index (κ2) is 7.07. The molecular weight excluding hydrogens is 368 g/mol. The molecule has 28 heavy (non-hydrogen) atoms. The van der Waals surface area contributed by atoms with Gasteiger partial charge >= 0.3 is 0 Å². The zero-order valence-corrected chi connectivity index (χ0v) is 17.2. The van der Waals surface area contributed by atoms with E-state index in [1.807, 2.05) is 37.3 Å².